The van der Waals surface area contributed by atoms with Crippen LogP contribution in [0.15, 0.2) is 66.8 Å². The van der Waals surface area contributed by atoms with Gasteiger partial charge in [-0.25, -0.2) is 0 Å². The van der Waals surface area contributed by atoms with Gasteiger partial charge in [0.25, 0.3) is 0 Å². The fourth-order valence-electron chi connectivity index (χ4n) is 3.72. The summed E-state index contributed by atoms with van der Waals surface area (Å²) in [5.74, 6) is 0.665. The molecule has 0 fully saturated rings. The Kier molecular flexibility index (Phi) is 6.22. The highest BCUT2D eigenvalue weighted by Gasteiger charge is 2.16. The zero-order valence-electron chi connectivity index (χ0n) is 15.9. The summed E-state index contributed by atoms with van der Waals surface area (Å²) in [5, 5.41) is 0. The van der Waals surface area contributed by atoms with Crippen LogP contribution in [0.4, 0.5) is 0 Å². The number of hydrogen-bond donors (Lipinski definition) is 0. The average Bonchev–Trinajstić information content (AvgIpc) is 3.17. The maximum atomic E-state index is 12.7. The fraction of sp³-hybridized carbons (Fsp3) is 0.320. The highest BCUT2D eigenvalue weighted by atomic mass is 16.1. The van der Waals surface area contributed by atoms with E-state index in [4.69, 9.17) is 0 Å². The Labute approximate surface area is 157 Å². The zero-order valence-corrected chi connectivity index (χ0v) is 15.9. The van der Waals surface area contributed by atoms with Crippen molar-refractivity contribution in [3.05, 3.63) is 89.0 Å². The molecule has 1 heteroatoms. The summed E-state index contributed by atoms with van der Waals surface area (Å²) in [5.41, 5.74) is 6.20. The van der Waals surface area contributed by atoms with Crippen LogP contribution in [0.1, 0.15) is 60.8 Å². The number of hydrogen-bond acceptors (Lipinski definition) is 1. The highest BCUT2D eigenvalue weighted by Crippen LogP contribution is 2.27. The summed E-state index contributed by atoms with van der Waals surface area (Å²) < 4.78 is 0. The second-order valence-corrected chi connectivity index (χ2v) is 7.31. The molecular formula is C25H28O. The lowest BCUT2D eigenvalue weighted by Crippen LogP contribution is -2.10. The average molecular weight is 344 g/mol. The quantitative estimate of drug-likeness (QED) is 0.540. The fourth-order valence-corrected chi connectivity index (χ4v) is 3.72. The van der Waals surface area contributed by atoms with E-state index >= 15 is 0 Å². The molecular weight excluding hydrogens is 316 g/mol. The van der Waals surface area contributed by atoms with E-state index in [1.54, 1.807) is 0 Å². The normalized spacial score (nSPS) is 14.3. The van der Waals surface area contributed by atoms with Crippen LogP contribution in [0.2, 0.25) is 0 Å². The number of carbonyl (C=O) groups is 1. The molecule has 0 N–H and O–H groups in total. The zero-order chi connectivity index (χ0) is 18.4. The van der Waals surface area contributed by atoms with Crippen molar-refractivity contribution in [3.63, 3.8) is 0 Å². The number of benzene rings is 2. The third-order valence-corrected chi connectivity index (χ3v) is 5.08. The molecule has 0 saturated heterocycles. The molecule has 0 heterocycles. The molecule has 1 unspecified atom stereocenters. The molecule has 0 bridgehead atoms. The molecule has 0 spiro atoms. The van der Waals surface area contributed by atoms with Crippen LogP contribution in [-0.2, 0) is 11.2 Å². The van der Waals surface area contributed by atoms with Gasteiger partial charge < -0.3 is 0 Å². The Hall–Kier alpha value is -2.41. The van der Waals surface area contributed by atoms with E-state index in [1.807, 2.05) is 0 Å². The molecule has 1 aliphatic carbocycles. The van der Waals surface area contributed by atoms with E-state index < -0.39 is 0 Å². The van der Waals surface area contributed by atoms with Crippen LogP contribution < -0.4 is 0 Å². The van der Waals surface area contributed by atoms with Crippen molar-refractivity contribution in [1.82, 2.24) is 0 Å². The van der Waals surface area contributed by atoms with Gasteiger partial charge in [0.2, 0.25) is 0 Å². The van der Waals surface area contributed by atoms with E-state index in [0.717, 1.165) is 24.8 Å². The number of Topliss-reactive ketones (excluding diaryl/α,β-unsaturated/α-hetero) is 1. The van der Waals surface area contributed by atoms with Gasteiger partial charge in [-0.1, -0.05) is 85.7 Å². The lowest BCUT2D eigenvalue weighted by Gasteiger charge is -2.16. The molecule has 0 amide bonds. The third kappa shape index (κ3) is 4.82. The highest BCUT2D eigenvalue weighted by molar-refractivity contribution is 5.82. The first kappa shape index (κ1) is 18.4. The molecule has 3 rings (SSSR count). The second-order valence-electron chi connectivity index (χ2n) is 7.31. The third-order valence-electron chi connectivity index (χ3n) is 5.08. The van der Waals surface area contributed by atoms with Crippen LogP contribution in [0.3, 0.4) is 0 Å². The van der Waals surface area contributed by atoms with Gasteiger partial charge in [-0.15, -0.1) is 0 Å². The van der Waals surface area contributed by atoms with Gasteiger partial charge in [-0.05, 0) is 47.9 Å². The summed E-state index contributed by atoms with van der Waals surface area (Å²) in [7, 11) is 0. The molecule has 0 aromatic heterocycles. The SMILES string of the molecule is CCCC(CC(=O)Cc1ccc(C2=CCC=C2)cc1)c1cccc(C)c1. The van der Waals surface area contributed by atoms with Crippen molar-refractivity contribution in [2.45, 2.75) is 51.9 Å². The van der Waals surface area contributed by atoms with Crippen LogP contribution >= 0.6 is 0 Å². The van der Waals surface area contributed by atoms with Gasteiger partial charge in [-0.2, -0.15) is 0 Å². The Bertz CT molecular complexity index is 808. The number of aryl methyl sites for hydroxylation is 1. The van der Waals surface area contributed by atoms with Gasteiger partial charge in [0, 0.05) is 12.8 Å². The van der Waals surface area contributed by atoms with E-state index in [9.17, 15) is 4.79 Å². The van der Waals surface area contributed by atoms with Crippen molar-refractivity contribution in [2.75, 3.05) is 0 Å². The smallest absolute Gasteiger partial charge is 0.137 e. The van der Waals surface area contributed by atoms with Gasteiger partial charge >= 0.3 is 0 Å². The molecule has 1 nitrogen and oxygen atoms in total. The van der Waals surface area contributed by atoms with E-state index in [1.165, 1.54) is 22.3 Å². The van der Waals surface area contributed by atoms with Crippen molar-refractivity contribution in [3.8, 4) is 0 Å². The largest absolute Gasteiger partial charge is 0.299 e. The lowest BCUT2D eigenvalue weighted by atomic mass is 9.87. The molecule has 2 aromatic rings. The molecule has 0 saturated carbocycles. The predicted molar refractivity (Wildman–Crippen MR) is 110 cm³/mol. The minimum Gasteiger partial charge on any atom is -0.299 e. The first-order chi connectivity index (χ1) is 12.7. The summed E-state index contributed by atoms with van der Waals surface area (Å²) in [6.07, 6.45) is 10.9. The summed E-state index contributed by atoms with van der Waals surface area (Å²) in [6.45, 7) is 4.31. The maximum absolute atomic E-state index is 12.7. The van der Waals surface area contributed by atoms with Crippen LogP contribution in [-0.4, -0.2) is 5.78 Å². The Morgan fingerprint density at radius 1 is 1.12 bits per heavy atom. The van der Waals surface area contributed by atoms with Crippen LogP contribution in [0.5, 0.6) is 0 Å². The monoisotopic (exact) mass is 344 g/mol. The lowest BCUT2D eigenvalue weighted by molar-refractivity contribution is -0.118. The number of carbonyl (C=O) groups excluding carboxylic acids is 1. The number of ketones is 1. The Morgan fingerprint density at radius 3 is 2.58 bits per heavy atom. The minimum absolute atomic E-state index is 0.331. The molecule has 1 aliphatic rings. The minimum atomic E-state index is 0.331. The second kappa shape index (κ2) is 8.80. The molecule has 2 aromatic carbocycles. The molecule has 26 heavy (non-hydrogen) atoms. The van der Waals surface area contributed by atoms with Crippen molar-refractivity contribution in [2.24, 2.45) is 0 Å². The summed E-state index contributed by atoms with van der Waals surface area (Å²) >= 11 is 0. The number of rotatable bonds is 8. The van der Waals surface area contributed by atoms with Gasteiger partial charge in [0.05, 0.1) is 0 Å². The van der Waals surface area contributed by atoms with Gasteiger partial charge in [0.1, 0.15) is 5.78 Å². The Morgan fingerprint density at radius 2 is 1.92 bits per heavy atom. The molecule has 0 radical (unpaired) electrons. The standard InChI is InChI=1S/C25H28O/c1-3-7-23(24-11-6-8-19(2)16-24)18-25(26)17-20-12-14-22(15-13-20)21-9-4-5-10-21/h4,6,8-16,23H,3,5,7,17-18H2,1-2H3. The van der Waals surface area contributed by atoms with E-state index in [0.29, 0.717) is 24.5 Å². The van der Waals surface area contributed by atoms with Gasteiger partial charge in [0.15, 0.2) is 0 Å². The summed E-state index contributed by atoms with van der Waals surface area (Å²) in [4.78, 5) is 12.7. The van der Waals surface area contributed by atoms with Gasteiger partial charge in [-0.3, -0.25) is 4.79 Å². The molecule has 1 atom stereocenters. The summed E-state index contributed by atoms with van der Waals surface area (Å²) in [6, 6.07) is 17.1. The van der Waals surface area contributed by atoms with Crippen LogP contribution in [0.25, 0.3) is 5.57 Å². The van der Waals surface area contributed by atoms with E-state index in [-0.39, 0.29) is 0 Å². The predicted octanol–water partition coefficient (Wildman–Crippen LogP) is 6.42. The molecule has 134 valence electrons. The first-order valence-corrected chi connectivity index (χ1v) is 9.70. The van der Waals surface area contributed by atoms with E-state index in [2.05, 4.69) is 80.6 Å². The topological polar surface area (TPSA) is 17.1 Å². The Balaban J connectivity index is 1.63. The van der Waals surface area contributed by atoms with Crippen LogP contribution in [0, 0.1) is 6.92 Å². The first-order valence-electron chi connectivity index (χ1n) is 9.70. The number of allylic oxidation sites excluding steroid dienone is 4. The maximum Gasteiger partial charge on any atom is 0.137 e. The van der Waals surface area contributed by atoms with Crippen molar-refractivity contribution >= 4 is 11.4 Å². The van der Waals surface area contributed by atoms with Crippen molar-refractivity contribution in [1.29, 1.82) is 0 Å². The van der Waals surface area contributed by atoms with Crippen molar-refractivity contribution < 1.29 is 4.79 Å². The molecule has 0 aliphatic heterocycles.